The van der Waals surface area contributed by atoms with Crippen molar-refractivity contribution in [1.82, 2.24) is 15.0 Å². The highest BCUT2D eigenvalue weighted by Crippen LogP contribution is 2.19. The lowest BCUT2D eigenvalue weighted by Gasteiger charge is -2.05. The number of halogens is 2. The zero-order valence-corrected chi connectivity index (χ0v) is 12.0. The Morgan fingerprint density at radius 3 is 3.00 bits per heavy atom. The summed E-state index contributed by atoms with van der Waals surface area (Å²) in [6.45, 7) is 0.600. The van der Waals surface area contributed by atoms with E-state index in [1.54, 1.807) is 6.20 Å². The van der Waals surface area contributed by atoms with E-state index in [4.69, 9.17) is 17.3 Å². The maximum Gasteiger partial charge on any atom is 0.246 e. The first-order chi connectivity index (χ1) is 10.1. The fourth-order valence-corrected chi connectivity index (χ4v) is 1.92. The highest BCUT2D eigenvalue weighted by atomic mass is 35.5. The van der Waals surface area contributed by atoms with Gasteiger partial charge in [0.2, 0.25) is 5.91 Å². The number of rotatable bonds is 6. The zero-order chi connectivity index (χ0) is 15.2. The van der Waals surface area contributed by atoms with E-state index in [1.807, 2.05) is 0 Å². The van der Waals surface area contributed by atoms with E-state index in [1.165, 1.54) is 22.9 Å². The van der Waals surface area contributed by atoms with Crippen molar-refractivity contribution in [3.05, 3.63) is 40.9 Å². The Bertz CT molecular complexity index is 631. The predicted molar refractivity (Wildman–Crippen MR) is 77.4 cm³/mol. The van der Waals surface area contributed by atoms with Gasteiger partial charge in [0.1, 0.15) is 12.4 Å². The van der Waals surface area contributed by atoms with Gasteiger partial charge in [0.25, 0.3) is 0 Å². The lowest BCUT2D eigenvalue weighted by molar-refractivity contribution is -0.116. The first kappa shape index (κ1) is 15.4. The fourth-order valence-electron chi connectivity index (χ4n) is 1.74. The molecule has 3 N–H and O–H groups in total. The van der Waals surface area contributed by atoms with Crippen molar-refractivity contribution in [3.8, 4) is 0 Å². The van der Waals surface area contributed by atoms with Gasteiger partial charge in [-0.1, -0.05) is 16.8 Å². The molecule has 0 radical (unpaired) electrons. The largest absolute Gasteiger partial charge is 0.330 e. The van der Waals surface area contributed by atoms with E-state index in [2.05, 4.69) is 15.6 Å². The number of aryl methyl sites for hydroxylation is 1. The van der Waals surface area contributed by atoms with Crippen molar-refractivity contribution in [2.24, 2.45) is 5.73 Å². The fraction of sp³-hybridized carbons (Fsp3) is 0.308. The van der Waals surface area contributed by atoms with Crippen LogP contribution in [0.15, 0.2) is 24.4 Å². The number of anilines is 1. The summed E-state index contributed by atoms with van der Waals surface area (Å²) < 4.78 is 14.4. The van der Waals surface area contributed by atoms with Crippen molar-refractivity contribution >= 4 is 23.2 Å². The number of carbonyl (C=O) groups is 1. The standard InChI is InChI=1S/C13H15ClFN5O/c14-11-6-9(3-4-12(11)15)17-13(21)8-20-7-10(18-19-20)2-1-5-16/h3-4,6-7H,1-2,5,8,16H2,(H,17,21). The summed E-state index contributed by atoms with van der Waals surface area (Å²) in [6, 6.07) is 3.98. The molecule has 2 aromatic rings. The van der Waals surface area contributed by atoms with E-state index >= 15 is 0 Å². The molecule has 0 spiro atoms. The van der Waals surface area contributed by atoms with Gasteiger partial charge in [0, 0.05) is 11.9 Å². The van der Waals surface area contributed by atoms with Crippen molar-refractivity contribution in [2.45, 2.75) is 19.4 Å². The number of aromatic nitrogens is 3. The van der Waals surface area contributed by atoms with Crippen LogP contribution in [0.4, 0.5) is 10.1 Å². The topological polar surface area (TPSA) is 85.8 Å². The molecule has 0 bridgehead atoms. The van der Waals surface area contributed by atoms with Crippen LogP contribution in [0.3, 0.4) is 0 Å². The molecular formula is C13H15ClFN5O. The highest BCUT2D eigenvalue weighted by Gasteiger charge is 2.08. The van der Waals surface area contributed by atoms with Gasteiger partial charge in [0.15, 0.2) is 0 Å². The molecule has 1 aromatic carbocycles. The van der Waals surface area contributed by atoms with E-state index in [0.717, 1.165) is 18.5 Å². The summed E-state index contributed by atoms with van der Waals surface area (Å²) in [5.74, 6) is -0.830. The van der Waals surface area contributed by atoms with Gasteiger partial charge in [0.05, 0.1) is 10.7 Å². The van der Waals surface area contributed by atoms with Gasteiger partial charge in [-0.15, -0.1) is 5.10 Å². The molecule has 0 atom stereocenters. The quantitative estimate of drug-likeness (QED) is 0.848. The molecule has 0 unspecified atom stereocenters. The minimum Gasteiger partial charge on any atom is -0.330 e. The number of nitrogens with two attached hydrogens (primary N) is 1. The van der Waals surface area contributed by atoms with E-state index < -0.39 is 5.82 Å². The molecule has 0 saturated carbocycles. The van der Waals surface area contributed by atoms with Crippen molar-refractivity contribution in [1.29, 1.82) is 0 Å². The van der Waals surface area contributed by atoms with Crippen LogP contribution in [-0.4, -0.2) is 27.4 Å². The van der Waals surface area contributed by atoms with Crippen LogP contribution >= 0.6 is 11.6 Å². The van der Waals surface area contributed by atoms with Gasteiger partial charge in [-0.05, 0) is 37.6 Å². The smallest absolute Gasteiger partial charge is 0.246 e. The average Bonchev–Trinajstić information content (AvgIpc) is 2.88. The maximum atomic E-state index is 13.0. The van der Waals surface area contributed by atoms with Gasteiger partial charge in [-0.2, -0.15) is 0 Å². The molecule has 0 saturated heterocycles. The molecule has 112 valence electrons. The molecule has 0 aliphatic carbocycles. The van der Waals surface area contributed by atoms with E-state index in [-0.39, 0.29) is 17.5 Å². The number of amides is 1. The summed E-state index contributed by atoms with van der Waals surface area (Å²) in [7, 11) is 0. The highest BCUT2D eigenvalue weighted by molar-refractivity contribution is 6.31. The molecule has 0 fully saturated rings. The van der Waals surface area contributed by atoms with Crippen LogP contribution in [0.5, 0.6) is 0 Å². The Kier molecular flexibility index (Phi) is 5.24. The first-order valence-electron chi connectivity index (χ1n) is 6.42. The number of carbonyl (C=O) groups excluding carboxylic acids is 1. The first-order valence-corrected chi connectivity index (χ1v) is 6.80. The third-order valence-corrected chi connectivity index (χ3v) is 3.02. The molecule has 1 amide bonds. The Balaban J connectivity index is 1.91. The average molecular weight is 312 g/mol. The lowest BCUT2D eigenvalue weighted by atomic mass is 10.2. The second-order valence-corrected chi connectivity index (χ2v) is 4.88. The molecular weight excluding hydrogens is 297 g/mol. The minimum absolute atomic E-state index is 0.0185. The summed E-state index contributed by atoms with van der Waals surface area (Å²) in [5, 5.41) is 10.4. The molecule has 0 aliphatic heterocycles. The van der Waals surface area contributed by atoms with Crippen LogP contribution in [0.25, 0.3) is 0 Å². The molecule has 8 heteroatoms. The number of hydrogen-bond donors (Lipinski definition) is 2. The predicted octanol–water partition coefficient (Wildman–Crippen LogP) is 1.60. The molecule has 0 aliphatic rings. The van der Waals surface area contributed by atoms with Crippen molar-refractivity contribution in [2.75, 3.05) is 11.9 Å². The lowest BCUT2D eigenvalue weighted by Crippen LogP contribution is -2.19. The zero-order valence-electron chi connectivity index (χ0n) is 11.2. The minimum atomic E-state index is -0.532. The number of nitrogens with one attached hydrogen (secondary N) is 1. The van der Waals surface area contributed by atoms with Crippen LogP contribution in [0.2, 0.25) is 5.02 Å². The van der Waals surface area contributed by atoms with E-state index in [0.29, 0.717) is 12.2 Å². The molecule has 21 heavy (non-hydrogen) atoms. The maximum absolute atomic E-state index is 13.0. The molecule has 6 nitrogen and oxygen atoms in total. The van der Waals surface area contributed by atoms with Crippen LogP contribution in [0.1, 0.15) is 12.1 Å². The van der Waals surface area contributed by atoms with Gasteiger partial charge < -0.3 is 11.1 Å². The number of hydrogen-bond acceptors (Lipinski definition) is 4. The second-order valence-electron chi connectivity index (χ2n) is 4.48. The third-order valence-electron chi connectivity index (χ3n) is 2.73. The monoisotopic (exact) mass is 311 g/mol. The third kappa shape index (κ3) is 4.51. The normalized spacial score (nSPS) is 10.6. The van der Waals surface area contributed by atoms with Gasteiger partial charge in [-0.25, -0.2) is 9.07 Å². The van der Waals surface area contributed by atoms with Crippen LogP contribution < -0.4 is 11.1 Å². The Hall–Kier alpha value is -1.99. The summed E-state index contributed by atoms with van der Waals surface area (Å²) in [6.07, 6.45) is 3.25. The van der Waals surface area contributed by atoms with Crippen molar-refractivity contribution in [3.63, 3.8) is 0 Å². The van der Waals surface area contributed by atoms with E-state index in [9.17, 15) is 9.18 Å². The van der Waals surface area contributed by atoms with Gasteiger partial charge in [-0.3, -0.25) is 4.79 Å². The van der Waals surface area contributed by atoms with Gasteiger partial charge >= 0.3 is 0 Å². The summed E-state index contributed by atoms with van der Waals surface area (Å²) in [4.78, 5) is 11.8. The Morgan fingerprint density at radius 1 is 1.48 bits per heavy atom. The van der Waals surface area contributed by atoms with Crippen LogP contribution in [0, 0.1) is 5.82 Å². The SMILES string of the molecule is NCCCc1cn(CC(=O)Nc2ccc(F)c(Cl)c2)nn1. The van der Waals surface area contributed by atoms with Crippen LogP contribution in [-0.2, 0) is 17.8 Å². The number of benzene rings is 1. The summed E-state index contributed by atoms with van der Waals surface area (Å²) >= 11 is 5.65. The second kappa shape index (κ2) is 7.14. The molecule has 1 aromatic heterocycles. The Labute approximate surface area is 126 Å². The van der Waals surface area contributed by atoms with Crippen molar-refractivity contribution < 1.29 is 9.18 Å². The molecule has 2 rings (SSSR count). The number of nitrogens with zero attached hydrogens (tertiary/aromatic N) is 3. The Morgan fingerprint density at radius 2 is 2.29 bits per heavy atom. The molecule has 1 heterocycles. The summed E-state index contributed by atoms with van der Waals surface area (Å²) in [5.41, 5.74) is 6.63.